The first-order valence-electron chi connectivity index (χ1n) is 10.9. The lowest BCUT2D eigenvalue weighted by atomic mass is 10.2. The standard InChI is InChI=1S/C22H26F3N7O2/c23-22(24,25)34-18-6-2-1-5-16(18)14-29-21-30-15-17(13-26)20(31-21)28-8-4-3-7-19(33)32-11-9-27-10-12-32/h1-2,5-6,15,27H,3-4,7-12,14H2,(H2,28,29,30,31). The third-order valence-electron chi connectivity index (χ3n) is 5.12. The number of hydrogen-bond acceptors (Lipinski definition) is 8. The van der Waals surface area contributed by atoms with Crippen molar-refractivity contribution in [3.63, 3.8) is 0 Å². The van der Waals surface area contributed by atoms with E-state index >= 15 is 0 Å². The van der Waals surface area contributed by atoms with Crippen LogP contribution < -0.4 is 20.7 Å². The molecular formula is C22H26F3N7O2. The summed E-state index contributed by atoms with van der Waals surface area (Å²) in [6.07, 6.45) is -1.60. The second kappa shape index (κ2) is 12.0. The van der Waals surface area contributed by atoms with Crippen LogP contribution >= 0.6 is 0 Å². The van der Waals surface area contributed by atoms with E-state index in [0.717, 1.165) is 26.2 Å². The van der Waals surface area contributed by atoms with Crippen LogP contribution in [0.25, 0.3) is 0 Å². The summed E-state index contributed by atoms with van der Waals surface area (Å²) in [5, 5.41) is 18.5. The molecule has 0 bridgehead atoms. The zero-order chi connectivity index (χ0) is 24.4. The van der Waals surface area contributed by atoms with Crippen LogP contribution in [0.1, 0.15) is 30.4 Å². The lowest BCUT2D eigenvalue weighted by Crippen LogP contribution is -2.46. The molecule has 1 aromatic carbocycles. The average Bonchev–Trinajstić information content (AvgIpc) is 2.83. The normalized spacial score (nSPS) is 13.8. The summed E-state index contributed by atoms with van der Waals surface area (Å²) in [5.41, 5.74) is 0.514. The summed E-state index contributed by atoms with van der Waals surface area (Å²) in [6.45, 7) is 3.58. The Morgan fingerprint density at radius 1 is 1.21 bits per heavy atom. The summed E-state index contributed by atoms with van der Waals surface area (Å²) >= 11 is 0. The van der Waals surface area contributed by atoms with Gasteiger partial charge in [0.2, 0.25) is 11.9 Å². The Hall–Kier alpha value is -3.59. The predicted octanol–water partition coefficient (Wildman–Crippen LogP) is 2.87. The Labute approximate surface area is 195 Å². The molecule has 1 fully saturated rings. The molecule has 34 heavy (non-hydrogen) atoms. The van der Waals surface area contributed by atoms with Crippen molar-refractivity contribution in [3.05, 3.63) is 41.6 Å². The number of rotatable bonds is 10. The molecule has 9 nitrogen and oxygen atoms in total. The lowest BCUT2D eigenvalue weighted by molar-refractivity contribution is -0.274. The van der Waals surface area contributed by atoms with Gasteiger partial charge in [-0.05, 0) is 18.9 Å². The highest BCUT2D eigenvalue weighted by atomic mass is 19.4. The minimum Gasteiger partial charge on any atom is -0.405 e. The van der Waals surface area contributed by atoms with Crippen molar-refractivity contribution in [2.24, 2.45) is 0 Å². The Kier molecular flexibility index (Phi) is 8.86. The van der Waals surface area contributed by atoms with E-state index in [9.17, 15) is 23.2 Å². The van der Waals surface area contributed by atoms with E-state index in [1.807, 2.05) is 11.0 Å². The number of ether oxygens (including phenoxy) is 1. The van der Waals surface area contributed by atoms with E-state index < -0.39 is 6.36 Å². The van der Waals surface area contributed by atoms with Gasteiger partial charge in [0.15, 0.2) is 0 Å². The van der Waals surface area contributed by atoms with E-state index in [4.69, 9.17) is 0 Å². The second-order valence-electron chi connectivity index (χ2n) is 7.59. The van der Waals surface area contributed by atoms with Crippen LogP contribution in [0, 0.1) is 11.3 Å². The first-order chi connectivity index (χ1) is 16.4. The van der Waals surface area contributed by atoms with Crippen molar-refractivity contribution >= 4 is 17.7 Å². The molecule has 12 heteroatoms. The fourth-order valence-electron chi connectivity index (χ4n) is 3.41. The van der Waals surface area contributed by atoms with Gasteiger partial charge in [0.25, 0.3) is 0 Å². The van der Waals surface area contributed by atoms with Crippen LogP contribution in [0.2, 0.25) is 0 Å². The molecule has 0 atom stereocenters. The van der Waals surface area contributed by atoms with Gasteiger partial charge in [-0.1, -0.05) is 18.2 Å². The third-order valence-corrected chi connectivity index (χ3v) is 5.12. The number of nitrogens with one attached hydrogen (secondary N) is 3. The molecule has 3 N–H and O–H groups in total. The van der Waals surface area contributed by atoms with Gasteiger partial charge in [-0.25, -0.2) is 4.98 Å². The Balaban J connectivity index is 1.51. The number of benzene rings is 1. The van der Waals surface area contributed by atoms with Gasteiger partial charge >= 0.3 is 6.36 Å². The highest BCUT2D eigenvalue weighted by Crippen LogP contribution is 2.26. The number of piperazine rings is 1. The van der Waals surface area contributed by atoms with Crippen LogP contribution in [0.15, 0.2) is 30.5 Å². The number of carbonyl (C=O) groups excluding carboxylic acids is 1. The molecule has 1 aliphatic rings. The highest BCUT2D eigenvalue weighted by molar-refractivity contribution is 5.76. The Morgan fingerprint density at radius 2 is 1.97 bits per heavy atom. The number of alkyl halides is 3. The molecule has 0 radical (unpaired) electrons. The SMILES string of the molecule is N#Cc1cnc(NCc2ccccc2OC(F)(F)F)nc1NCCCCC(=O)N1CCNCC1. The molecule has 1 saturated heterocycles. The molecule has 1 aliphatic heterocycles. The van der Waals surface area contributed by atoms with Crippen LogP contribution in [0.5, 0.6) is 5.75 Å². The summed E-state index contributed by atoms with van der Waals surface area (Å²) in [6, 6.07) is 7.77. The third kappa shape index (κ3) is 7.77. The summed E-state index contributed by atoms with van der Waals surface area (Å²) in [4.78, 5) is 22.4. The predicted molar refractivity (Wildman–Crippen MR) is 119 cm³/mol. The maximum Gasteiger partial charge on any atom is 0.573 e. The number of para-hydroxylation sites is 1. The van der Waals surface area contributed by atoms with E-state index in [-0.39, 0.29) is 35.3 Å². The van der Waals surface area contributed by atoms with Gasteiger partial charge in [-0.3, -0.25) is 4.79 Å². The molecule has 0 unspecified atom stereocenters. The maximum absolute atomic E-state index is 12.6. The summed E-state index contributed by atoms with van der Waals surface area (Å²) < 4.78 is 41.9. The minimum absolute atomic E-state index is 0.00821. The molecule has 0 spiro atoms. The summed E-state index contributed by atoms with van der Waals surface area (Å²) in [7, 11) is 0. The van der Waals surface area contributed by atoms with E-state index in [0.29, 0.717) is 31.6 Å². The van der Waals surface area contributed by atoms with E-state index in [1.165, 1.54) is 24.4 Å². The smallest absolute Gasteiger partial charge is 0.405 e. The summed E-state index contributed by atoms with van der Waals surface area (Å²) in [5.74, 6) is 0.290. The lowest BCUT2D eigenvalue weighted by Gasteiger charge is -2.27. The van der Waals surface area contributed by atoms with Gasteiger partial charge in [-0.15, -0.1) is 13.2 Å². The molecule has 2 aromatic rings. The largest absolute Gasteiger partial charge is 0.573 e. The van der Waals surface area contributed by atoms with Crippen molar-refractivity contribution in [2.45, 2.75) is 32.2 Å². The molecule has 2 heterocycles. The van der Waals surface area contributed by atoms with Crippen LogP contribution in [0.3, 0.4) is 0 Å². The van der Waals surface area contributed by atoms with Gasteiger partial charge in [-0.2, -0.15) is 10.2 Å². The van der Waals surface area contributed by atoms with Crippen LogP contribution in [-0.4, -0.2) is 59.9 Å². The van der Waals surface area contributed by atoms with E-state index in [2.05, 4.69) is 30.7 Å². The number of carbonyl (C=O) groups is 1. The topological polar surface area (TPSA) is 115 Å². The number of aromatic nitrogens is 2. The average molecular weight is 477 g/mol. The number of nitriles is 1. The molecular weight excluding hydrogens is 451 g/mol. The molecule has 0 saturated carbocycles. The fourth-order valence-corrected chi connectivity index (χ4v) is 3.41. The van der Waals surface area contributed by atoms with Crippen molar-refractivity contribution < 1.29 is 22.7 Å². The highest BCUT2D eigenvalue weighted by Gasteiger charge is 2.32. The number of hydrogen-bond donors (Lipinski definition) is 3. The Bertz CT molecular complexity index is 1000. The zero-order valence-electron chi connectivity index (χ0n) is 18.5. The monoisotopic (exact) mass is 477 g/mol. The zero-order valence-corrected chi connectivity index (χ0v) is 18.5. The molecule has 3 rings (SSSR count). The molecule has 1 aromatic heterocycles. The number of anilines is 2. The van der Waals surface area contributed by atoms with Gasteiger partial charge in [0.1, 0.15) is 23.2 Å². The number of amides is 1. The quantitative estimate of drug-likeness (QED) is 0.448. The maximum atomic E-state index is 12.6. The van der Waals surface area contributed by atoms with Crippen molar-refractivity contribution in [2.75, 3.05) is 43.4 Å². The van der Waals surface area contributed by atoms with Gasteiger partial charge < -0.3 is 25.6 Å². The van der Waals surface area contributed by atoms with E-state index in [1.54, 1.807) is 6.07 Å². The first kappa shape index (κ1) is 25.0. The second-order valence-corrected chi connectivity index (χ2v) is 7.59. The minimum atomic E-state index is -4.80. The van der Waals surface area contributed by atoms with Crippen molar-refractivity contribution in [3.8, 4) is 11.8 Å². The van der Waals surface area contributed by atoms with Crippen LogP contribution in [-0.2, 0) is 11.3 Å². The Morgan fingerprint density at radius 3 is 2.71 bits per heavy atom. The molecule has 182 valence electrons. The number of nitrogens with zero attached hydrogens (tertiary/aromatic N) is 4. The number of unbranched alkanes of at least 4 members (excludes halogenated alkanes) is 1. The van der Waals surface area contributed by atoms with Gasteiger partial charge in [0.05, 0.1) is 6.20 Å². The fraction of sp³-hybridized carbons (Fsp3) is 0.455. The van der Waals surface area contributed by atoms with Crippen LogP contribution in [0.4, 0.5) is 24.9 Å². The first-order valence-corrected chi connectivity index (χ1v) is 10.9. The number of halogens is 3. The van der Waals surface area contributed by atoms with Gasteiger partial charge in [0, 0.05) is 51.3 Å². The molecule has 1 amide bonds. The van der Waals surface area contributed by atoms with Crippen molar-refractivity contribution in [1.29, 1.82) is 5.26 Å². The van der Waals surface area contributed by atoms with Crippen molar-refractivity contribution in [1.82, 2.24) is 20.2 Å². The molecule has 0 aliphatic carbocycles.